The highest BCUT2D eigenvalue weighted by Gasteiger charge is 2.26. The Hall–Kier alpha value is -1.91. The fraction of sp³-hybridized carbons (Fsp3) is 0.556. The van der Waals surface area contributed by atoms with Crippen LogP contribution in [-0.4, -0.2) is 26.5 Å². The van der Waals surface area contributed by atoms with E-state index in [1.807, 2.05) is 6.07 Å². The second kappa shape index (κ2) is 8.45. The first-order chi connectivity index (χ1) is 11.8. The Balaban J connectivity index is 1.92. The monoisotopic (exact) mass is 364 g/mol. The molecule has 1 aromatic carbocycles. The van der Waals surface area contributed by atoms with Gasteiger partial charge in [-0.3, -0.25) is 9.52 Å². The topological polar surface area (TPSA) is 96.3 Å². The van der Waals surface area contributed by atoms with E-state index in [1.54, 1.807) is 25.1 Å². The molecular weight excluding hydrogens is 340 g/mol. The first kappa shape index (κ1) is 19.4. The number of carbonyl (C=O) groups is 1. The van der Waals surface area contributed by atoms with Crippen molar-refractivity contribution in [3.8, 4) is 6.07 Å². The number of sulfonamides is 1. The predicted molar refractivity (Wildman–Crippen MR) is 93.9 cm³/mol. The maximum absolute atomic E-state index is 12.2. The van der Waals surface area contributed by atoms with Crippen LogP contribution in [0.3, 0.4) is 0 Å². The maximum atomic E-state index is 12.2. The van der Waals surface area contributed by atoms with Crippen molar-refractivity contribution in [2.24, 2.45) is 5.92 Å². The van der Waals surface area contributed by atoms with Crippen LogP contribution in [-0.2, 0) is 25.3 Å². The van der Waals surface area contributed by atoms with Crippen molar-refractivity contribution in [2.45, 2.75) is 57.5 Å². The molecule has 0 saturated heterocycles. The molecule has 136 valence electrons. The van der Waals surface area contributed by atoms with Crippen LogP contribution >= 0.6 is 0 Å². The molecule has 1 fully saturated rings. The SMILES string of the molecule is C[C@@H]1CCC[C@@H](O[C@H](C)C(=O)NS(=O)(=O)Cc2cccc(C#N)c2)C1. The smallest absolute Gasteiger partial charge is 0.262 e. The molecule has 6 nitrogen and oxygen atoms in total. The maximum Gasteiger partial charge on any atom is 0.262 e. The molecule has 25 heavy (non-hydrogen) atoms. The van der Waals surface area contributed by atoms with E-state index >= 15 is 0 Å². The third kappa shape index (κ3) is 6.15. The van der Waals surface area contributed by atoms with Gasteiger partial charge in [0, 0.05) is 0 Å². The molecule has 0 spiro atoms. The van der Waals surface area contributed by atoms with E-state index in [4.69, 9.17) is 10.00 Å². The van der Waals surface area contributed by atoms with E-state index in [0.29, 0.717) is 17.0 Å². The number of nitrogens with zero attached hydrogens (tertiary/aromatic N) is 1. The van der Waals surface area contributed by atoms with Gasteiger partial charge in [0.15, 0.2) is 0 Å². The molecule has 1 saturated carbocycles. The lowest BCUT2D eigenvalue weighted by atomic mass is 9.88. The molecule has 1 amide bonds. The summed E-state index contributed by atoms with van der Waals surface area (Å²) in [5.41, 5.74) is 0.830. The summed E-state index contributed by atoms with van der Waals surface area (Å²) in [7, 11) is -3.84. The molecule has 0 unspecified atom stereocenters. The van der Waals surface area contributed by atoms with E-state index in [9.17, 15) is 13.2 Å². The van der Waals surface area contributed by atoms with Crippen molar-refractivity contribution in [1.82, 2.24) is 4.72 Å². The molecule has 3 atom stereocenters. The van der Waals surface area contributed by atoms with Crippen LogP contribution in [0.25, 0.3) is 0 Å². The largest absolute Gasteiger partial charge is 0.365 e. The molecule has 0 radical (unpaired) electrons. The third-order valence-corrected chi connectivity index (χ3v) is 5.55. The van der Waals surface area contributed by atoms with Crippen molar-refractivity contribution >= 4 is 15.9 Å². The molecule has 0 aliphatic heterocycles. The number of hydrogen-bond acceptors (Lipinski definition) is 5. The van der Waals surface area contributed by atoms with Gasteiger partial charge >= 0.3 is 0 Å². The van der Waals surface area contributed by atoms with Gasteiger partial charge in [0.05, 0.1) is 23.5 Å². The third-order valence-electron chi connectivity index (χ3n) is 4.32. The lowest BCUT2D eigenvalue weighted by Gasteiger charge is -2.28. The van der Waals surface area contributed by atoms with Gasteiger partial charge in [-0.2, -0.15) is 5.26 Å². The Kier molecular flexibility index (Phi) is 6.57. The number of amides is 1. The van der Waals surface area contributed by atoms with Crippen LogP contribution in [0, 0.1) is 17.2 Å². The van der Waals surface area contributed by atoms with E-state index in [-0.39, 0.29) is 11.9 Å². The Morgan fingerprint density at radius 1 is 1.44 bits per heavy atom. The summed E-state index contributed by atoms with van der Waals surface area (Å²) < 4.78 is 32.2. The lowest BCUT2D eigenvalue weighted by molar-refractivity contribution is -0.135. The Morgan fingerprint density at radius 2 is 2.20 bits per heavy atom. The first-order valence-electron chi connectivity index (χ1n) is 8.48. The number of rotatable bonds is 6. The fourth-order valence-electron chi connectivity index (χ4n) is 3.07. The summed E-state index contributed by atoms with van der Waals surface area (Å²) in [5, 5.41) is 8.87. The van der Waals surface area contributed by atoms with Gasteiger partial charge in [0.2, 0.25) is 10.0 Å². The van der Waals surface area contributed by atoms with Gasteiger partial charge in [-0.15, -0.1) is 0 Å². The van der Waals surface area contributed by atoms with Crippen molar-refractivity contribution in [1.29, 1.82) is 5.26 Å². The molecule has 1 N–H and O–H groups in total. The average molecular weight is 364 g/mol. The van der Waals surface area contributed by atoms with E-state index in [1.165, 1.54) is 6.07 Å². The number of benzene rings is 1. The number of carbonyl (C=O) groups excluding carboxylic acids is 1. The van der Waals surface area contributed by atoms with Gasteiger partial charge in [-0.25, -0.2) is 8.42 Å². The highest BCUT2D eigenvalue weighted by atomic mass is 32.2. The minimum Gasteiger partial charge on any atom is -0.365 e. The quantitative estimate of drug-likeness (QED) is 0.836. The standard InChI is InChI=1S/C18H24N2O4S/c1-13-5-3-8-17(9-13)24-14(2)18(21)20-25(22,23)12-16-7-4-6-15(10-16)11-19/h4,6-7,10,13-14,17H,3,5,8-9,12H2,1-2H3,(H,20,21)/t13-,14-,17-/m1/s1. The average Bonchev–Trinajstić information content (AvgIpc) is 2.54. The van der Waals surface area contributed by atoms with Crippen LogP contribution in [0.1, 0.15) is 50.7 Å². The molecule has 1 aliphatic rings. The molecule has 0 heterocycles. The fourth-order valence-corrected chi connectivity index (χ4v) is 4.24. The summed E-state index contributed by atoms with van der Waals surface area (Å²) in [4.78, 5) is 12.2. The highest BCUT2D eigenvalue weighted by Crippen LogP contribution is 2.26. The molecule has 7 heteroatoms. The zero-order valence-electron chi connectivity index (χ0n) is 14.6. The van der Waals surface area contributed by atoms with Gasteiger partial charge in [-0.1, -0.05) is 31.9 Å². The highest BCUT2D eigenvalue weighted by molar-refractivity contribution is 7.89. The normalized spacial score (nSPS) is 22.0. The zero-order chi connectivity index (χ0) is 18.4. The van der Waals surface area contributed by atoms with Crippen molar-refractivity contribution in [3.63, 3.8) is 0 Å². The molecular formula is C18H24N2O4S. The lowest BCUT2D eigenvalue weighted by Crippen LogP contribution is -2.41. The minimum atomic E-state index is -3.84. The Morgan fingerprint density at radius 3 is 2.88 bits per heavy atom. The van der Waals surface area contributed by atoms with Gasteiger partial charge in [0.1, 0.15) is 6.10 Å². The molecule has 0 bridgehead atoms. The molecule has 1 aromatic rings. The number of nitriles is 1. The summed E-state index contributed by atoms with van der Waals surface area (Å²) in [5.74, 6) is -0.457. The first-order valence-corrected chi connectivity index (χ1v) is 10.1. The summed E-state index contributed by atoms with van der Waals surface area (Å²) in [6.07, 6.45) is 3.20. The molecule has 1 aliphatic carbocycles. The Bertz CT molecular complexity index is 755. The van der Waals surface area contributed by atoms with Crippen molar-refractivity contribution in [2.75, 3.05) is 0 Å². The summed E-state index contributed by atoms with van der Waals surface area (Å²) >= 11 is 0. The van der Waals surface area contributed by atoms with Gasteiger partial charge < -0.3 is 4.74 Å². The van der Waals surface area contributed by atoms with E-state index in [0.717, 1.165) is 25.7 Å². The van der Waals surface area contributed by atoms with Crippen molar-refractivity contribution < 1.29 is 17.9 Å². The van der Waals surface area contributed by atoms with Crippen LogP contribution < -0.4 is 4.72 Å². The predicted octanol–water partition coefficient (Wildman–Crippen LogP) is 2.49. The summed E-state index contributed by atoms with van der Waals surface area (Å²) in [6.45, 7) is 3.72. The van der Waals surface area contributed by atoms with Crippen LogP contribution in [0.5, 0.6) is 0 Å². The van der Waals surface area contributed by atoms with E-state index in [2.05, 4.69) is 11.6 Å². The second-order valence-corrected chi connectivity index (χ2v) is 8.43. The Labute approximate surface area is 149 Å². The number of ether oxygens (including phenoxy) is 1. The summed E-state index contributed by atoms with van der Waals surface area (Å²) in [6, 6.07) is 8.26. The minimum absolute atomic E-state index is 0.000450. The van der Waals surface area contributed by atoms with Crippen LogP contribution in [0.15, 0.2) is 24.3 Å². The van der Waals surface area contributed by atoms with Crippen LogP contribution in [0.2, 0.25) is 0 Å². The number of hydrogen-bond donors (Lipinski definition) is 1. The van der Waals surface area contributed by atoms with Crippen LogP contribution in [0.4, 0.5) is 0 Å². The zero-order valence-corrected chi connectivity index (χ0v) is 15.4. The molecule has 2 rings (SSSR count). The number of nitrogens with one attached hydrogen (secondary N) is 1. The van der Waals surface area contributed by atoms with Crippen molar-refractivity contribution in [3.05, 3.63) is 35.4 Å². The van der Waals surface area contributed by atoms with Gasteiger partial charge in [0.25, 0.3) is 5.91 Å². The van der Waals surface area contributed by atoms with Gasteiger partial charge in [-0.05, 0) is 43.4 Å². The second-order valence-electron chi connectivity index (χ2n) is 6.71. The molecule has 0 aromatic heterocycles. The van der Waals surface area contributed by atoms with E-state index < -0.39 is 22.0 Å².